The Labute approximate surface area is 119 Å². The highest BCUT2D eigenvalue weighted by atomic mass is 19.1. The minimum absolute atomic E-state index is 0.299. The van der Waals surface area contributed by atoms with Gasteiger partial charge < -0.3 is 5.73 Å². The molecule has 1 aromatic carbocycles. The predicted molar refractivity (Wildman–Crippen MR) is 80.3 cm³/mol. The molecule has 21 heavy (non-hydrogen) atoms. The second-order valence-electron chi connectivity index (χ2n) is 4.85. The highest BCUT2D eigenvalue weighted by molar-refractivity contribution is 5.93. The van der Waals surface area contributed by atoms with Crippen LogP contribution in [0.3, 0.4) is 0 Å². The lowest BCUT2D eigenvalue weighted by atomic mass is 10.1. The van der Waals surface area contributed by atoms with Gasteiger partial charge >= 0.3 is 0 Å². The average molecular weight is 278 g/mol. The van der Waals surface area contributed by atoms with Crippen LogP contribution in [0, 0.1) is 5.82 Å². The number of aromatic nitrogens is 3. The first kappa shape index (κ1) is 11.8. The van der Waals surface area contributed by atoms with Crippen LogP contribution in [0.2, 0.25) is 0 Å². The second kappa shape index (κ2) is 4.28. The number of nitrogens with zero attached hydrogens (tertiary/aromatic N) is 3. The van der Waals surface area contributed by atoms with Crippen LogP contribution in [-0.4, -0.2) is 14.4 Å². The van der Waals surface area contributed by atoms with Crippen molar-refractivity contribution < 1.29 is 4.39 Å². The number of pyridine rings is 2. The van der Waals surface area contributed by atoms with Crippen LogP contribution < -0.4 is 5.73 Å². The summed E-state index contributed by atoms with van der Waals surface area (Å²) in [7, 11) is 0. The third-order valence-corrected chi connectivity index (χ3v) is 3.57. The van der Waals surface area contributed by atoms with E-state index in [1.54, 1.807) is 18.6 Å². The van der Waals surface area contributed by atoms with Gasteiger partial charge in [0.05, 0.1) is 11.9 Å². The number of nitrogens with two attached hydrogens (primary N) is 1. The fourth-order valence-corrected chi connectivity index (χ4v) is 2.52. The number of nitrogen functional groups attached to an aromatic ring is 1. The summed E-state index contributed by atoms with van der Waals surface area (Å²) in [5.74, 6) is 0.195. The molecule has 0 aliphatic carbocycles. The van der Waals surface area contributed by atoms with Crippen molar-refractivity contribution in [1.82, 2.24) is 14.4 Å². The molecule has 0 aliphatic heterocycles. The number of fused-ring (bicyclic) bond motifs is 2. The van der Waals surface area contributed by atoms with Crippen molar-refractivity contribution in [2.75, 3.05) is 5.73 Å². The largest absolute Gasteiger partial charge is 0.383 e. The average Bonchev–Trinajstić information content (AvgIpc) is 2.90. The minimum atomic E-state index is -0.299. The van der Waals surface area contributed by atoms with Gasteiger partial charge in [-0.15, -0.1) is 0 Å². The van der Waals surface area contributed by atoms with Crippen LogP contribution in [0.1, 0.15) is 0 Å². The molecule has 0 aliphatic rings. The van der Waals surface area contributed by atoms with E-state index in [1.807, 2.05) is 28.7 Å². The third kappa shape index (κ3) is 1.82. The summed E-state index contributed by atoms with van der Waals surface area (Å²) in [4.78, 5) is 8.34. The zero-order valence-corrected chi connectivity index (χ0v) is 11.0. The maximum atomic E-state index is 13.2. The monoisotopic (exact) mass is 278 g/mol. The molecule has 0 atom stereocenters. The zero-order valence-electron chi connectivity index (χ0n) is 11.0. The Morgan fingerprint density at radius 1 is 1.05 bits per heavy atom. The Bertz CT molecular complexity index is 975. The maximum Gasteiger partial charge on any atom is 0.140 e. The number of halogens is 1. The normalized spacial score (nSPS) is 11.3. The Hall–Kier alpha value is -2.95. The molecule has 0 unspecified atom stereocenters. The van der Waals surface area contributed by atoms with E-state index in [2.05, 4.69) is 9.97 Å². The van der Waals surface area contributed by atoms with Gasteiger partial charge in [0.1, 0.15) is 17.3 Å². The lowest BCUT2D eigenvalue weighted by Crippen LogP contribution is -1.92. The third-order valence-electron chi connectivity index (χ3n) is 3.57. The fraction of sp³-hybridized carbons (Fsp3) is 0. The lowest BCUT2D eigenvalue weighted by molar-refractivity contribution is 0.626. The summed E-state index contributed by atoms with van der Waals surface area (Å²) >= 11 is 0. The SMILES string of the molecule is Nc1nccc2ccc(-c3cnc4cc(F)ccn34)cc12. The van der Waals surface area contributed by atoms with Gasteiger partial charge in [-0.1, -0.05) is 12.1 Å². The zero-order chi connectivity index (χ0) is 14.4. The summed E-state index contributed by atoms with van der Waals surface area (Å²) in [5.41, 5.74) is 8.35. The predicted octanol–water partition coefficient (Wildman–Crippen LogP) is 3.27. The van der Waals surface area contributed by atoms with Crippen molar-refractivity contribution in [2.45, 2.75) is 0 Å². The highest BCUT2D eigenvalue weighted by Crippen LogP contribution is 2.27. The number of hydrogen-bond acceptors (Lipinski definition) is 3. The Balaban J connectivity index is 1.98. The summed E-state index contributed by atoms with van der Waals surface area (Å²) in [5, 5.41) is 1.93. The van der Waals surface area contributed by atoms with E-state index >= 15 is 0 Å². The van der Waals surface area contributed by atoms with Gasteiger partial charge in [-0.3, -0.25) is 4.40 Å². The summed E-state index contributed by atoms with van der Waals surface area (Å²) in [6.45, 7) is 0. The molecule has 4 rings (SSSR count). The van der Waals surface area contributed by atoms with E-state index in [0.717, 1.165) is 22.0 Å². The van der Waals surface area contributed by atoms with Crippen LogP contribution in [0.4, 0.5) is 10.2 Å². The minimum Gasteiger partial charge on any atom is -0.383 e. The molecule has 0 radical (unpaired) electrons. The van der Waals surface area contributed by atoms with E-state index in [-0.39, 0.29) is 5.82 Å². The Morgan fingerprint density at radius 2 is 1.95 bits per heavy atom. The Morgan fingerprint density at radius 3 is 2.86 bits per heavy atom. The van der Waals surface area contributed by atoms with Crippen LogP contribution in [-0.2, 0) is 0 Å². The van der Waals surface area contributed by atoms with Crippen molar-refractivity contribution in [3.8, 4) is 11.3 Å². The first-order valence-corrected chi connectivity index (χ1v) is 6.49. The van der Waals surface area contributed by atoms with Gasteiger partial charge in [0, 0.05) is 29.4 Å². The van der Waals surface area contributed by atoms with Gasteiger partial charge in [0.25, 0.3) is 0 Å². The van der Waals surface area contributed by atoms with E-state index < -0.39 is 0 Å². The first-order valence-electron chi connectivity index (χ1n) is 6.49. The van der Waals surface area contributed by atoms with Crippen molar-refractivity contribution >= 4 is 22.2 Å². The highest BCUT2D eigenvalue weighted by Gasteiger charge is 2.08. The molecule has 0 saturated carbocycles. The first-order chi connectivity index (χ1) is 10.2. The molecular formula is C16H11FN4. The van der Waals surface area contributed by atoms with Gasteiger partial charge in [-0.05, 0) is 23.6 Å². The number of benzene rings is 1. The van der Waals surface area contributed by atoms with E-state index in [4.69, 9.17) is 5.73 Å². The molecule has 4 aromatic rings. The molecule has 0 spiro atoms. The molecule has 102 valence electrons. The summed E-state index contributed by atoms with van der Waals surface area (Å²) < 4.78 is 15.1. The van der Waals surface area contributed by atoms with Crippen molar-refractivity contribution in [3.05, 3.63) is 60.8 Å². The second-order valence-corrected chi connectivity index (χ2v) is 4.85. The van der Waals surface area contributed by atoms with Crippen molar-refractivity contribution in [3.63, 3.8) is 0 Å². The lowest BCUT2D eigenvalue weighted by Gasteiger charge is -2.05. The van der Waals surface area contributed by atoms with E-state index in [1.165, 1.54) is 12.1 Å². The molecule has 0 fully saturated rings. The maximum absolute atomic E-state index is 13.2. The number of imidazole rings is 1. The molecule has 0 amide bonds. The van der Waals surface area contributed by atoms with Crippen LogP contribution in [0.25, 0.3) is 27.7 Å². The van der Waals surface area contributed by atoms with Crippen LogP contribution in [0.5, 0.6) is 0 Å². The summed E-state index contributed by atoms with van der Waals surface area (Å²) in [6.07, 6.45) is 5.08. The number of anilines is 1. The topological polar surface area (TPSA) is 56.2 Å². The molecule has 0 saturated heterocycles. The Kier molecular flexibility index (Phi) is 2.41. The number of hydrogen-bond donors (Lipinski definition) is 1. The standard InChI is InChI=1S/C16H11FN4/c17-12-4-6-21-14(9-20-15(21)8-12)11-2-1-10-3-5-19-16(18)13(10)7-11/h1-9H,(H2,18,19). The molecular weight excluding hydrogens is 267 g/mol. The molecule has 5 heteroatoms. The van der Waals surface area contributed by atoms with Gasteiger partial charge in [-0.25, -0.2) is 14.4 Å². The van der Waals surface area contributed by atoms with E-state index in [0.29, 0.717) is 11.5 Å². The van der Waals surface area contributed by atoms with Crippen molar-refractivity contribution in [1.29, 1.82) is 0 Å². The number of rotatable bonds is 1. The quantitative estimate of drug-likeness (QED) is 0.581. The molecule has 3 heterocycles. The molecule has 0 bridgehead atoms. The van der Waals surface area contributed by atoms with Gasteiger partial charge in [-0.2, -0.15) is 0 Å². The van der Waals surface area contributed by atoms with Crippen LogP contribution in [0.15, 0.2) is 55.0 Å². The molecule has 4 nitrogen and oxygen atoms in total. The van der Waals surface area contributed by atoms with Gasteiger partial charge in [0.15, 0.2) is 0 Å². The van der Waals surface area contributed by atoms with Crippen molar-refractivity contribution in [2.24, 2.45) is 0 Å². The van der Waals surface area contributed by atoms with Gasteiger partial charge in [0.2, 0.25) is 0 Å². The molecule has 3 aromatic heterocycles. The fourth-order valence-electron chi connectivity index (χ4n) is 2.52. The summed E-state index contributed by atoms with van der Waals surface area (Å²) in [6, 6.07) is 10.7. The smallest absolute Gasteiger partial charge is 0.140 e. The van der Waals surface area contributed by atoms with Crippen LogP contribution >= 0.6 is 0 Å². The van der Waals surface area contributed by atoms with E-state index in [9.17, 15) is 4.39 Å². The molecule has 2 N–H and O–H groups in total.